The van der Waals surface area contributed by atoms with E-state index < -0.39 is 11.2 Å². The van der Waals surface area contributed by atoms with Gasteiger partial charge in [0.15, 0.2) is 0 Å². The molecule has 0 bridgehead atoms. The third kappa shape index (κ3) is 7.21. The second-order valence-electron chi connectivity index (χ2n) is 4.96. The third-order valence-electron chi connectivity index (χ3n) is 3.13. The molecule has 0 fully saturated rings. The Morgan fingerprint density at radius 3 is 2.42 bits per heavy atom. The quantitative estimate of drug-likeness (QED) is 0.340. The number of hydrogen-bond donors (Lipinski definition) is 0. The molecule has 0 aliphatic heterocycles. The van der Waals surface area contributed by atoms with Gasteiger partial charge in [-0.1, -0.05) is 45.9 Å². The van der Waals surface area contributed by atoms with Gasteiger partial charge in [0.05, 0.1) is 7.11 Å². The maximum atomic E-state index is 12.8. The molecular weight excluding hydrogens is 363 g/mol. The molecule has 0 aliphatic rings. The Balaban J connectivity index is 1.62. The molecule has 1 atom stereocenters. The Hall–Kier alpha value is -1.08. The van der Waals surface area contributed by atoms with E-state index in [2.05, 4.69) is 0 Å². The predicted octanol–water partition coefficient (Wildman–Crippen LogP) is 5.18. The van der Waals surface area contributed by atoms with Crippen LogP contribution in [-0.4, -0.2) is 17.4 Å². The molecule has 128 valence electrons. The van der Waals surface area contributed by atoms with Crippen molar-refractivity contribution in [3.8, 4) is 5.75 Å². The number of hydrogen-bond acceptors (Lipinski definition) is 4. The average molecular weight is 383 g/mol. The Morgan fingerprint density at radius 1 is 1.08 bits per heavy atom. The molecule has 0 N–H and O–H groups in total. The second-order valence-corrected chi connectivity index (χ2v) is 8.73. The maximum Gasteiger partial charge on any atom is 0.131 e. The van der Waals surface area contributed by atoms with Gasteiger partial charge in [0, 0.05) is 11.3 Å². The Bertz CT molecular complexity index is 630. The normalized spacial score (nSPS) is 12.5. The van der Waals surface area contributed by atoms with E-state index in [0.29, 0.717) is 11.5 Å². The lowest BCUT2D eigenvalue weighted by atomic mass is 10.2. The highest BCUT2D eigenvalue weighted by Crippen LogP contribution is 2.27. The molecule has 0 amide bonds. The lowest BCUT2D eigenvalue weighted by molar-refractivity contribution is 0.414. The highest BCUT2D eigenvalue weighted by atomic mass is 33.1. The molecule has 0 heterocycles. The Labute approximate surface area is 153 Å². The van der Waals surface area contributed by atoms with Gasteiger partial charge in [-0.15, -0.1) is 0 Å². The first-order valence-corrected chi connectivity index (χ1v) is 11.2. The summed E-state index contributed by atoms with van der Waals surface area (Å²) in [5.74, 6) is 2.48. The number of halogens is 1. The van der Waals surface area contributed by atoms with Crippen molar-refractivity contribution in [2.24, 2.45) is 0 Å². The molecule has 0 spiro atoms. The van der Waals surface area contributed by atoms with Crippen LogP contribution in [0.15, 0.2) is 60.0 Å². The summed E-state index contributed by atoms with van der Waals surface area (Å²) in [6.07, 6.45) is 1.93. The SMILES string of the molecule is COc1ccc(C[S+]([O-])C/C=C\SSCc2ccc(F)cc2)cc1. The topological polar surface area (TPSA) is 32.3 Å². The van der Waals surface area contributed by atoms with Crippen LogP contribution in [0.25, 0.3) is 0 Å². The summed E-state index contributed by atoms with van der Waals surface area (Å²) in [6, 6.07) is 14.2. The fourth-order valence-corrected chi connectivity index (χ4v) is 4.72. The van der Waals surface area contributed by atoms with Gasteiger partial charge >= 0.3 is 0 Å². The van der Waals surface area contributed by atoms with E-state index in [9.17, 15) is 8.94 Å². The second kappa shape index (κ2) is 10.7. The van der Waals surface area contributed by atoms with Crippen LogP contribution in [-0.2, 0) is 22.7 Å². The Kier molecular flexibility index (Phi) is 8.59. The van der Waals surface area contributed by atoms with Crippen LogP contribution in [0.4, 0.5) is 4.39 Å². The van der Waals surface area contributed by atoms with Gasteiger partial charge < -0.3 is 9.29 Å². The maximum absolute atomic E-state index is 12.8. The zero-order valence-corrected chi connectivity index (χ0v) is 15.8. The molecule has 0 saturated heterocycles. The minimum atomic E-state index is -0.915. The summed E-state index contributed by atoms with van der Waals surface area (Å²) in [7, 11) is 4.89. The van der Waals surface area contributed by atoms with Gasteiger partial charge in [-0.05, 0) is 52.5 Å². The van der Waals surface area contributed by atoms with Crippen molar-refractivity contribution >= 4 is 32.8 Å². The zero-order valence-electron chi connectivity index (χ0n) is 13.3. The number of methoxy groups -OCH3 is 1. The fraction of sp³-hybridized carbons (Fsp3) is 0.222. The minimum Gasteiger partial charge on any atom is -0.616 e. The van der Waals surface area contributed by atoms with E-state index in [0.717, 1.165) is 22.6 Å². The van der Waals surface area contributed by atoms with Crippen molar-refractivity contribution in [1.29, 1.82) is 0 Å². The van der Waals surface area contributed by atoms with E-state index >= 15 is 0 Å². The van der Waals surface area contributed by atoms with Crippen molar-refractivity contribution in [2.75, 3.05) is 12.9 Å². The monoisotopic (exact) mass is 382 g/mol. The highest BCUT2D eigenvalue weighted by Gasteiger charge is 2.05. The average Bonchev–Trinajstić information content (AvgIpc) is 2.60. The molecule has 0 aromatic heterocycles. The number of ether oxygens (including phenoxy) is 1. The highest BCUT2D eigenvalue weighted by molar-refractivity contribution is 8.77. The van der Waals surface area contributed by atoms with Gasteiger partial charge in [0.25, 0.3) is 0 Å². The van der Waals surface area contributed by atoms with Crippen molar-refractivity contribution in [1.82, 2.24) is 0 Å². The third-order valence-corrected chi connectivity index (χ3v) is 6.33. The predicted molar refractivity (Wildman–Crippen MR) is 104 cm³/mol. The summed E-state index contributed by atoms with van der Waals surface area (Å²) in [5, 5.41) is 1.96. The van der Waals surface area contributed by atoms with E-state index in [4.69, 9.17) is 4.74 Å². The fourth-order valence-electron chi connectivity index (χ4n) is 1.87. The summed E-state index contributed by atoms with van der Waals surface area (Å²) in [6.45, 7) is 0. The van der Waals surface area contributed by atoms with E-state index in [1.54, 1.807) is 40.8 Å². The summed E-state index contributed by atoms with van der Waals surface area (Å²) >= 11 is -0.915. The largest absolute Gasteiger partial charge is 0.616 e. The zero-order chi connectivity index (χ0) is 17.2. The first-order valence-electron chi connectivity index (χ1n) is 7.33. The molecular formula is C18H19FO2S3. The molecule has 2 rings (SSSR count). The van der Waals surface area contributed by atoms with Crippen molar-refractivity contribution in [2.45, 2.75) is 11.5 Å². The smallest absolute Gasteiger partial charge is 0.131 e. The van der Waals surface area contributed by atoms with Crippen LogP contribution < -0.4 is 4.74 Å². The molecule has 2 nitrogen and oxygen atoms in total. The number of rotatable bonds is 9. The molecule has 24 heavy (non-hydrogen) atoms. The van der Waals surface area contributed by atoms with Crippen LogP contribution in [0, 0.1) is 5.82 Å². The lowest BCUT2D eigenvalue weighted by Gasteiger charge is -2.09. The van der Waals surface area contributed by atoms with E-state index in [1.165, 1.54) is 12.1 Å². The molecule has 2 aromatic carbocycles. The molecule has 0 aliphatic carbocycles. The van der Waals surface area contributed by atoms with Crippen LogP contribution in [0.5, 0.6) is 5.75 Å². The summed E-state index contributed by atoms with van der Waals surface area (Å²) in [4.78, 5) is 0. The van der Waals surface area contributed by atoms with Crippen LogP contribution in [0.1, 0.15) is 11.1 Å². The van der Waals surface area contributed by atoms with Gasteiger partial charge in [0.1, 0.15) is 23.1 Å². The molecule has 2 aromatic rings. The Morgan fingerprint density at radius 2 is 1.75 bits per heavy atom. The van der Waals surface area contributed by atoms with Gasteiger partial charge in [-0.3, -0.25) is 0 Å². The van der Waals surface area contributed by atoms with Crippen molar-refractivity contribution in [3.05, 3.63) is 77.0 Å². The van der Waals surface area contributed by atoms with Crippen molar-refractivity contribution in [3.63, 3.8) is 0 Å². The van der Waals surface area contributed by atoms with E-state index in [-0.39, 0.29) is 5.82 Å². The molecule has 1 unspecified atom stereocenters. The summed E-state index contributed by atoms with van der Waals surface area (Å²) in [5.41, 5.74) is 2.13. The number of benzene rings is 2. The summed E-state index contributed by atoms with van der Waals surface area (Å²) < 4.78 is 29.9. The van der Waals surface area contributed by atoms with Crippen LogP contribution in [0.3, 0.4) is 0 Å². The minimum absolute atomic E-state index is 0.212. The molecule has 0 radical (unpaired) electrons. The standard InChI is InChI=1S/C18H19FO2S3/c1-21-18-9-5-16(6-10-18)14-24(20)12-2-11-22-23-13-15-3-7-17(19)8-4-15/h2-11H,12-14H2,1H3/b11-2-. The van der Waals surface area contributed by atoms with Crippen LogP contribution in [0.2, 0.25) is 0 Å². The van der Waals surface area contributed by atoms with E-state index in [1.807, 2.05) is 35.7 Å². The van der Waals surface area contributed by atoms with Crippen LogP contribution >= 0.6 is 21.6 Å². The van der Waals surface area contributed by atoms with Gasteiger partial charge in [-0.2, -0.15) is 0 Å². The van der Waals surface area contributed by atoms with Crippen molar-refractivity contribution < 1.29 is 13.7 Å². The first-order chi connectivity index (χ1) is 11.7. The van der Waals surface area contributed by atoms with Gasteiger partial charge in [0.2, 0.25) is 0 Å². The molecule has 6 heteroatoms. The molecule has 0 saturated carbocycles. The van der Waals surface area contributed by atoms with Gasteiger partial charge in [-0.25, -0.2) is 4.39 Å². The lowest BCUT2D eigenvalue weighted by Crippen LogP contribution is -2.07. The first kappa shape index (κ1) is 19.2.